The van der Waals surface area contributed by atoms with Crippen LogP contribution in [0.25, 0.3) is 10.8 Å². The van der Waals surface area contributed by atoms with E-state index in [1.807, 2.05) is 30.5 Å². The van der Waals surface area contributed by atoms with Crippen molar-refractivity contribution in [3.8, 4) is 6.07 Å². The van der Waals surface area contributed by atoms with Gasteiger partial charge in [-0.05, 0) is 23.4 Å². The number of nitriles is 1. The summed E-state index contributed by atoms with van der Waals surface area (Å²) in [5.74, 6) is 0.163. The number of hydrogen-bond donors (Lipinski definition) is 1. The molecule has 1 aliphatic heterocycles. The van der Waals surface area contributed by atoms with E-state index in [-0.39, 0.29) is 12.3 Å². The summed E-state index contributed by atoms with van der Waals surface area (Å²) in [5, 5.41) is 25.3. The summed E-state index contributed by atoms with van der Waals surface area (Å²) in [4.78, 5) is 16.9. The van der Waals surface area contributed by atoms with Gasteiger partial charge in [-0.2, -0.15) is 15.5 Å². The quantitative estimate of drug-likeness (QED) is 0.680. The number of pyridine rings is 1. The van der Waals surface area contributed by atoms with Gasteiger partial charge in [-0.1, -0.05) is 25.1 Å². The molecule has 0 fully saturated rings. The summed E-state index contributed by atoms with van der Waals surface area (Å²) < 4.78 is 0. The highest BCUT2D eigenvalue weighted by Gasteiger charge is 2.23. The number of carbonyl (C=O) groups excluding carboxylic acids is 1. The Morgan fingerprint density at radius 1 is 1.38 bits per heavy atom. The normalized spacial score (nSPS) is 15.7. The van der Waals surface area contributed by atoms with Crippen molar-refractivity contribution in [3.63, 3.8) is 0 Å². The number of fused-ring (bicyclic) bond motifs is 1. The van der Waals surface area contributed by atoms with Gasteiger partial charge in [0.2, 0.25) is 5.91 Å². The number of hydrogen-bond acceptors (Lipinski definition) is 6. The van der Waals surface area contributed by atoms with Crippen LogP contribution in [0.2, 0.25) is 0 Å². The molecule has 0 spiro atoms. The molecule has 3 aromatic rings. The van der Waals surface area contributed by atoms with E-state index in [4.69, 9.17) is 0 Å². The number of thiophene rings is 1. The predicted molar refractivity (Wildman–Crippen MR) is 117 cm³/mol. The lowest BCUT2D eigenvalue weighted by Gasteiger charge is -2.16. The molecule has 0 bridgehead atoms. The van der Waals surface area contributed by atoms with Gasteiger partial charge in [0.15, 0.2) is 0 Å². The van der Waals surface area contributed by atoms with Crippen LogP contribution in [0, 0.1) is 17.2 Å². The van der Waals surface area contributed by atoms with Crippen molar-refractivity contribution in [2.45, 2.75) is 26.2 Å². The minimum absolute atomic E-state index is 0.131. The third kappa shape index (κ3) is 3.93. The maximum Gasteiger partial charge on any atom is 0.229 e. The van der Waals surface area contributed by atoms with E-state index in [1.54, 1.807) is 17.8 Å². The molecule has 1 atom stereocenters. The average Bonchev–Trinajstić information content (AvgIpc) is 3.16. The van der Waals surface area contributed by atoms with Gasteiger partial charge in [0.05, 0.1) is 23.3 Å². The first-order valence-corrected chi connectivity index (χ1v) is 10.3. The second-order valence-corrected chi connectivity index (χ2v) is 7.77. The van der Waals surface area contributed by atoms with Crippen molar-refractivity contribution in [2.75, 3.05) is 5.32 Å². The van der Waals surface area contributed by atoms with Crippen molar-refractivity contribution < 1.29 is 4.79 Å². The van der Waals surface area contributed by atoms with Crippen LogP contribution in [0.1, 0.15) is 36.5 Å². The molecule has 2 aromatic heterocycles. The minimum atomic E-state index is -0.131. The molecule has 4 rings (SSSR count). The lowest BCUT2D eigenvalue weighted by atomic mass is 9.95. The number of anilines is 1. The predicted octanol–water partition coefficient (Wildman–Crippen LogP) is 4.55. The molecule has 0 radical (unpaired) electrons. The average molecular weight is 401 g/mol. The van der Waals surface area contributed by atoms with Gasteiger partial charge in [0.1, 0.15) is 11.1 Å². The minimum Gasteiger partial charge on any atom is -0.317 e. The van der Waals surface area contributed by atoms with E-state index in [2.05, 4.69) is 33.5 Å². The number of carbonyl (C=O) groups is 1. The number of benzene rings is 1. The van der Waals surface area contributed by atoms with Gasteiger partial charge in [0, 0.05) is 41.7 Å². The fourth-order valence-electron chi connectivity index (χ4n) is 3.45. The third-order valence-electron chi connectivity index (χ3n) is 5.01. The van der Waals surface area contributed by atoms with Gasteiger partial charge in [-0.15, -0.1) is 11.3 Å². The Balaban J connectivity index is 1.59. The molecule has 29 heavy (non-hydrogen) atoms. The maximum atomic E-state index is 12.8. The molecule has 1 aromatic carbocycles. The molecule has 144 valence electrons. The van der Waals surface area contributed by atoms with Crippen molar-refractivity contribution in [2.24, 2.45) is 16.1 Å². The molecule has 1 unspecified atom stereocenters. The monoisotopic (exact) mass is 401 g/mol. The SMILES string of the molecule is CCC1C=NN=C(c2c(C#N)csc2NC(=O)Cc2cccc3cnccc23)C1. The highest BCUT2D eigenvalue weighted by Crippen LogP contribution is 2.32. The van der Waals surface area contributed by atoms with E-state index in [9.17, 15) is 10.1 Å². The molecule has 0 saturated carbocycles. The molecule has 7 heteroatoms. The van der Waals surface area contributed by atoms with Gasteiger partial charge in [0.25, 0.3) is 0 Å². The van der Waals surface area contributed by atoms with Crippen molar-refractivity contribution in [3.05, 3.63) is 58.7 Å². The Labute approximate surface area is 172 Å². The second-order valence-electron chi connectivity index (χ2n) is 6.89. The Morgan fingerprint density at radius 2 is 2.28 bits per heavy atom. The molecule has 0 saturated heterocycles. The Kier molecular flexibility index (Phi) is 5.45. The topological polar surface area (TPSA) is 90.5 Å². The van der Waals surface area contributed by atoms with Gasteiger partial charge in [-0.25, -0.2) is 0 Å². The summed E-state index contributed by atoms with van der Waals surface area (Å²) in [5.41, 5.74) is 2.91. The summed E-state index contributed by atoms with van der Waals surface area (Å²) in [7, 11) is 0. The van der Waals surface area contributed by atoms with E-state index >= 15 is 0 Å². The first kappa shape index (κ1) is 19.0. The highest BCUT2D eigenvalue weighted by molar-refractivity contribution is 7.15. The highest BCUT2D eigenvalue weighted by atomic mass is 32.1. The molecule has 1 aliphatic rings. The van der Waals surface area contributed by atoms with Crippen LogP contribution in [0.4, 0.5) is 5.00 Å². The molecule has 6 nitrogen and oxygen atoms in total. The zero-order chi connectivity index (χ0) is 20.2. The van der Waals surface area contributed by atoms with E-state index in [0.29, 0.717) is 28.5 Å². The van der Waals surface area contributed by atoms with Crippen LogP contribution in [0.3, 0.4) is 0 Å². The third-order valence-corrected chi connectivity index (χ3v) is 5.91. The molecule has 1 amide bonds. The lowest BCUT2D eigenvalue weighted by molar-refractivity contribution is -0.115. The molecular weight excluding hydrogens is 382 g/mol. The number of amides is 1. The van der Waals surface area contributed by atoms with Crippen LogP contribution < -0.4 is 5.32 Å². The van der Waals surface area contributed by atoms with Crippen molar-refractivity contribution in [1.29, 1.82) is 5.26 Å². The number of nitrogens with one attached hydrogen (secondary N) is 1. The van der Waals surface area contributed by atoms with Crippen LogP contribution >= 0.6 is 11.3 Å². The molecule has 0 aliphatic carbocycles. The van der Waals surface area contributed by atoms with Crippen LogP contribution in [0.5, 0.6) is 0 Å². The maximum absolute atomic E-state index is 12.8. The van der Waals surface area contributed by atoms with Gasteiger partial charge >= 0.3 is 0 Å². The standard InChI is InChI=1S/C22H19N5OS/c1-2-14-8-19(27-25-11-14)21-17(10-23)13-29-22(21)26-20(28)9-15-4-3-5-16-12-24-7-6-18(15)16/h3-7,11-14H,2,8-9H2,1H3,(H,26,28). The number of rotatable bonds is 5. The van der Waals surface area contributed by atoms with E-state index in [0.717, 1.165) is 28.5 Å². The zero-order valence-corrected chi connectivity index (χ0v) is 16.7. The Morgan fingerprint density at radius 3 is 3.10 bits per heavy atom. The fourth-order valence-corrected chi connectivity index (χ4v) is 4.37. The van der Waals surface area contributed by atoms with Crippen molar-refractivity contribution in [1.82, 2.24) is 4.98 Å². The second kappa shape index (κ2) is 8.33. The fraction of sp³-hybridized carbons (Fsp3) is 0.227. The summed E-state index contributed by atoms with van der Waals surface area (Å²) in [6.45, 7) is 2.10. The van der Waals surface area contributed by atoms with Crippen molar-refractivity contribution >= 4 is 44.9 Å². The summed E-state index contributed by atoms with van der Waals surface area (Å²) in [6.07, 6.45) is 7.26. The Hall–Kier alpha value is -3.37. The number of aromatic nitrogens is 1. The first-order chi connectivity index (χ1) is 14.2. The van der Waals surface area contributed by atoms with Crippen LogP contribution in [0.15, 0.2) is 52.2 Å². The zero-order valence-electron chi connectivity index (χ0n) is 15.9. The largest absolute Gasteiger partial charge is 0.317 e. The first-order valence-electron chi connectivity index (χ1n) is 9.43. The van der Waals surface area contributed by atoms with E-state index in [1.165, 1.54) is 11.3 Å². The number of nitrogens with zero attached hydrogens (tertiary/aromatic N) is 4. The van der Waals surface area contributed by atoms with Crippen LogP contribution in [-0.2, 0) is 11.2 Å². The van der Waals surface area contributed by atoms with Gasteiger partial charge < -0.3 is 5.32 Å². The molecular formula is C22H19N5OS. The lowest BCUT2D eigenvalue weighted by Crippen LogP contribution is -2.19. The summed E-state index contributed by atoms with van der Waals surface area (Å²) >= 11 is 1.35. The van der Waals surface area contributed by atoms with E-state index < -0.39 is 0 Å². The Bertz CT molecular complexity index is 1170. The summed E-state index contributed by atoms with van der Waals surface area (Å²) in [6, 6.07) is 9.99. The molecule has 3 heterocycles. The van der Waals surface area contributed by atoms with Gasteiger partial charge in [-0.3, -0.25) is 9.78 Å². The molecule has 1 N–H and O–H groups in total. The smallest absolute Gasteiger partial charge is 0.229 e. The van der Waals surface area contributed by atoms with Crippen LogP contribution in [-0.4, -0.2) is 22.8 Å².